The van der Waals surface area contributed by atoms with E-state index in [4.69, 9.17) is 5.11 Å². The molecule has 0 unspecified atom stereocenters. The monoisotopic (exact) mass is 319 g/mol. The second-order valence-corrected chi connectivity index (χ2v) is 8.52. The molecule has 120 valence electrons. The summed E-state index contributed by atoms with van der Waals surface area (Å²) in [5.41, 5.74) is 1.12. The fourth-order valence-corrected chi connectivity index (χ4v) is 3.19. The fourth-order valence-electron chi connectivity index (χ4n) is 2.32. The summed E-state index contributed by atoms with van der Waals surface area (Å²) >= 11 is 0. The summed E-state index contributed by atoms with van der Waals surface area (Å²) in [5.74, 6) is 0. The van der Waals surface area contributed by atoms with Gasteiger partial charge >= 0.3 is 0 Å². The highest BCUT2D eigenvalue weighted by atomic mass is 32.2. The van der Waals surface area contributed by atoms with Crippen LogP contribution in [0.3, 0.4) is 0 Å². The molecule has 0 saturated carbocycles. The average Bonchev–Trinajstić information content (AvgIpc) is 2.49. The first-order valence-electron chi connectivity index (χ1n) is 7.69. The first-order valence-corrected chi connectivity index (χ1v) is 8.84. The molecule has 0 saturated heterocycles. The Morgan fingerprint density at radius 3 is 2.45 bits per heavy atom. The summed E-state index contributed by atoms with van der Waals surface area (Å²) in [5, 5.41) is 11.5. The van der Waals surface area contributed by atoms with Crippen LogP contribution in [0.15, 0.2) is 42.5 Å². The molecule has 0 heterocycles. The van der Waals surface area contributed by atoms with Gasteiger partial charge in [0.2, 0.25) is 0 Å². The van der Waals surface area contributed by atoms with E-state index >= 15 is 0 Å². The lowest BCUT2D eigenvalue weighted by Crippen LogP contribution is -2.35. The van der Waals surface area contributed by atoms with E-state index in [0.29, 0.717) is 6.42 Å². The lowest BCUT2D eigenvalue weighted by atomic mass is 9.99. The highest BCUT2D eigenvalue weighted by molar-refractivity contribution is 7.84. The lowest BCUT2D eigenvalue weighted by molar-refractivity contribution is 0.278. The minimum atomic E-state index is -1.14. The molecule has 4 heteroatoms. The average molecular weight is 319 g/mol. The first-order chi connectivity index (χ1) is 10.4. The van der Waals surface area contributed by atoms with Crippen molar-refractivity contribution in [1.29, 1.82) is 0 Å². The zero-order valence-electron chi connectivity index (χ0n) is 13.5. The summed E-state index contributed by atoms with van der Waals surface area (Å²) in [7, 11) is -1.14. The van der Waals surface area contributed by atoms with Gasteiger partial charge in [-0.15, -0.1) is 0 Å². The second kappa shape index (κ2) is 7.36. The number of nitrogens with one attached hydrogen (secondary N) is 1. The van der Waals surface area contributed by atoms with Gasteiger partial charge in [-0.25, -0.2) is 8.93 Å². The quantitative estimate of drug-likeness (QED) is 0.853. The molecule has 0 aliphatic heterocycles. The summed E-state index contributed by atoms with van der Waals surface area (Å²) in [6.07, 6.45) is 1.45. The van der Waals surface area contributed by atoms with E-state index in [9.17, 15) is 4.21 Å². The van der Waals surface area contributed by atoms with Gasteiger partial charge in [0.25, 0.3) is 0 Å². The molecule has 2 aromatic rings. The largest absolute Gasteiger partial charge is 0.396 e. The number of hydrogen-bond donors (Lipinski definition) is 2. The van der Waals surface area contributed by atoms with Gasteiger partial charge in [-0.3, -0.25) is 0 Å². The maximum absolute atomic E-state index is 12.4. The minimum Gasteiger partial charge on any atom is -0.396 e. The van der Waals surface area contributed by atoms with Crippen molar-refractivity contribution in [3.63, 3.8) is 0 Å². The van der Waals surface area contributed by atoms with E-state index in [0.717, 1.165) is 12.0 Å². The summed E-state index contributed by atoms with van der Waals surface area (Å²) < 4.78 is 15.3. The Kier molecular flexibility index (Phi) is 5.73. The molecule has 0 aliphatic carbocycles. The number of hydrogen-bond acceptors (Lipinski definition) is 2. The van der Waals surface area contributed by atoms with E-state index < -0.39 is 11.0 Å². The highest BCUT2D eigenvalue weighted by Crippen LogP contribution is 2.25. The highest BCUT2D eigenvalue weighted by Gasteiger charge is 2.23. The van der Waals surface area contributed by atoms with Crippen LogP contribution in [-0.2, 0) is 11.0 Å². The molecule has 3 nitrogen and oxygen atoms in total. The Morgan fingerprint density at radius 2 is 1.82 bits per heavy atom. The molecule has 0 aromatic heterocycles. The van der Waals surface area contributed by atoms with Crippen molar-refractivity contribution in [2.24, 2.45) is 0 Å². The third kappa shape index (κ3) is 4.38. The van der Waals surface area contributed by atoms with Crippen molar-refractivity contribution in [3.05, 3.63) is 48.0 Å². The van der Waals surface area contributed by atoms with E-state index in [2.05, 4.69) is 35.1 Å². The van der Waals surface area contributed by atoms with Gasteiger partial charge in [0.15, 0.2) is 0 Å². The molecule has 2 N–H and O–H groups in total. The minimum absolute atomic E-state index is 0.0168. The van der Waals surface area contributed by atoms with Crippen LogP contribution < -0.4 is 4.72 Å². The van der Waals surface area contributed by atoms with Gasteiger partial charge in [0.1, 0.15) is 0 Å². The van der Waals surface area contributed by atoms with Gasteiger partial charge in [-0.2, -0.15) is 0 Å². The Bertz CT molecular complexity index is 649. The lowest BCUT2D eigenvalue weighted by Gasteiger charge is -2.24. The summed E-state index contributed by atoms with van der Waals surface area (Å²) in [6.45, 7) is 6.02. The van der Waals surface area contributed by atoms with E-state index in [1.807, 2.05) is 32.9 Å². The maximum atomic E-state index is 12.4. The molecule has 22 heavy (non-hydrogen) atoms. The predicted octanol–water partition coefficient (Wildman–Crippen LogP) is 3.71. The summed E-state index contributed by atoms with van der Waals surface area (Å²) in [6, 6.07) is 14.5. The number of aliphatic hydroxyl groups excluding tert-OH is 1. The molecule has 0 aliphatic rings. The van der Waals surface area contributed by atoms with Gasteiger partial charge in [-0.05, 0) is 56.0 Å². The zero-order valence-corrected chi connectivity index (χ0v) is 14.3. The topological polar surface area (TPSA) is 49.3 Å². The van der Waals surface area contributed by atoms with E-state index in [1.165, 1.54) is 10.8 Å². The van der Waals surface area contributed by atoms with Crippen molar-refractivity contribution < 1.29 is 9.32 Å². The molecule has 0 radical (unpaired) electrons. The number of aliphatic hydroxyl groups is 1. The van der Waals surface area contributed by atoms with Crippen LogP contribution in [0.4, 0.5) is 0 Å². The molecule has 2 aromatic carbocycles. The van der Waals surface area contributed by atoms with Crippen LogP contribution in [0.25, 0.3) is 10.8 Å². The molecule has 2 atom stereocenters. The van der Waals surface area contributed by atoms with Crippen LogP contribution in [0.2, 0.25) is 0 Å². The Labute approximate surface area is 135 Å². The number of rotatable bonds is 6. The Morgan fingerprint density at radius 1 is 1.14 bits per heavy atom. The molecule has 0 amide bonds. The smallest absolute Gasteiger partial charge is 0.0975 e. The van der Waals surface area contributed by atoms with Gasteiger partial charge in [0.05, 0.1) is 15.7 Å². The number of fused-ring (bicyclic) bond motifs is 1. The van der Waals surface area contributed by atoms with Gasteiger partial charge in [0, 0.05) is 12.6 Å². The number of benzene rings is 2. The zero-order chi connectivity index (χ0) is 16.2. The van der Waals surface area contributed by atoms with Crippen LogP contribution in [0.5, 0.6) is 0 Å². The van der Waals surface area contributed by atoms with Crippen molar-refractivity contribution >= 4 is 21.8 Å². The molecular formula is C18H25NO2S. The van der Waals surface area contributed by atoms with Crippen molar-refractivity contribution in [3.8, 4) is 0 Å². The van der Waals surface area contributed by atoms with Crippen molar-refractivity contribution in [2.75, 3.05) is 6.61 Å². The molecule has 2 rings (SSSR count). The predicted molar refractivity (Wildman–Crippen MR) is 94.0 cm³/mol. The third-order valence-corrected chi connectivity index (χ3v) is 5.24. The van der Waals surface area contributed by atoms with Crippen molar-refractivity contribution in [1.82, 2.24) is 4.72 Å². The third-order valence-electron chi connectivity index (χ3n) is 3.63. The SMILES string of the molecule is CC(C)(C)[S@](=O)N[C@H](CCCO)c1ccc2ccccc2c1. The molecule has 0 spiro atoms. The normalized spacial score (nSPS) is 14.9. The molecule has 0 fully saturated rings. The molecule has 0 bridgehead atoms. The fraction of sp³-hybridized carbons (Fsp3) is 0.444. The Hall–Kier alpha value is -1.23. The second-order valence-electron chi connectivity index (χ2n) is 6.52. The first kappa shape index (κ1) is 17.1. The van der Waals surface area contributed by atoms with Crippen LogP contribution in [-0.4, -0.2) is 20.7 Å². The van der Waals surface area contributed by atoms with Gasteiger partial charge < -0.3 is 5.11 Å². The van der Waals surface area contributed by atoms with E-state index in [-0.39, 0.29) is 17.4 Å². The van der Waals surface area contributed by atoms with E-state index in [1.54, 1.807) is 0 Å². The molecular weight excluding hydrogens is 294 g/mol. The summed E-state index contributed by atoms with van der Waals surface area (Å²) in [4.78, 5) is 0. The van der Waals surface area contributed by atoms with Crippen LogP contribution >= 0.6 is 0 Å². The Balaban J connectivity index is 2.28. The van der Waals surface area contributed by atoms with Crippen LogP contribution in [0, 0.1) is 0 Å². The van der Waals surface area contributed by atoms with Gasteiger partial charge in [-0.1, -0.05) is 36.4 Å². The standard InChI is InChI=1S/C18H25NO2S/c1-18(2,3)22(21)19-17(9-6-12-20)16-11-10-14-7-4-5-8-15(14)13-16/h4-5,7-8,10-11,13,17,19-20H,6,9,12H2,1-3H3/t17-,22+/m1/s1. The van der Waals surface area contributed by atoms with Crippen LogP contribution in [0.1, 0.15) is 45.2 Å². The van der Waals surface area contributed by atoms with Crippen molar-refractivity contribution in [2.45, 2.75) is 44.4 Å². The maximum Gasteiger partial charge on any atom is 0.0975 e.